The molecule has 0 saturated carbocycles. The first-order valence-electron chi connectivity index (χ1n) is 13.4. The number of carbonyl (C=O) groups is 1. The summed E-state index contributed by atoms with van der Waals surface area (Å²) in [6.07, 6.45) is 6.40. The minimum Gasteiger partial charge on any atom is -0.457 e. The number of hydrogen-bond donors (Lipinski definition) is 1. The summed E-state index contributed by atoms with van der Waals surface area (Å²) in [7, 11) is 3.81. The van der Waals surface area contributed by atoms with Crippen LogP contribution < -0.4 is 15.0 Å². The molecule has 1 atom stereocenters. The van der Waals surface area contributed by atoms with Crippen molar-refractivity contribution < 1.29 is 9.53 Å². The molecule has 1 aliphatic heterocycles. The molecule has 41 heavy (non-hydrogen) atoms. The van der Waals surface area contributed by atoms with Gasteiger partial charge < -0.3 is 19.9 Å². The summed E-state index contributed by atoms with van der Waals surface area (Å²) in [5.41, 5.74) is 4.72. The molecule has 0 unspecified atom stereocenters. The highest BCUT2D eigenvalue weighted by Crippen LogP contribution is 2.31. The Hall–Kier alpha value is -5.13. The Morgan fingerprint density at radius 3 is 2.88 bits per heavy atom. The minimum atomic E-state index is -0.0549. The molecule has 3 aromatic heterocycles. The fourth-order valence-electron chi connectivity index (χ4n) is 5.06. The summed E-state index contributed by atoms with van der Waals surface area (Å²) < 4.78 is 7.87. The van der Waals surface area contributed by atoms with Crippen LogP contribution in [0.1, 0.15) is 18.4 Å². The van der Waals surface area contributed by atoms with Gasteiger partial charge in [0.2, 0.25) is 11.9 Å². The minimum absolute atomic E-state index is 0.0549. The van der Waals surface area contributed by atoms with Crippen molar-refractivity contribution in [1.29, 1.82) is 0 Å². The third kappa shape index (κ3) is 5.23. The highest BCUT2D eigenvalue weighted by Gasteiger charge is 2.27. The number of amides is 1. The maximum absolute atomic E-state index is 12.2. The standard InChI is InChI=1S/C29H30N10O2/c1-5-26(40)39-12-6-7-20(16-39)37(3)29-30-15-23-27(34-29)28(32-17-31-23)33-19-8-11-25(18(2)13-19)41-21-9-10-24-22(14-21)35-36-38(24)4/h5,8-11,13-15,17,20H,1,6-7,12,16H2,2-4H3,(H,31,32,33)/t20-/m1/s1. The number of likely N-dealkylation sites (tertiary alicyclic amines) is 1. The molecule has 1 saturated heterocycles. The quantitative estimate of drug-likeness (QED) is 0.295. The lowest BCUT2D eigenvalue weighted by Gasteiger charge is -2.37. The Morgan fingerprint density at radius 1 is 1.17 bits per heavy atom. The zero-order valence-corrected chi connectivity index (χ0v) is 23.2. The van der Waals surface area contributed by atoms with E-state index >= 15 is 0 Å². The second kappa shape index (κ2) is 10.8. The van der Waals surface area contributed by atoms with E-state index in [1.165, 1.54) is 12.4 Å². The van der Waals surface area contributed by atoms with Gasteiger partial charge in [0.05, 0.1) is 11.7 Å². The SMILES string of the molecule is C=CC(=O)N1CCC[C@@H](N(C)c2ncc3ncnc(Nc4ccc(Oc5ccc6c(c5)nnn6C)c(C)c4)c3n2)C1. The normalized spacial score (nSPS) is 15.2. The summed E-state index contributed by atoms with van der Waals surface area (Å²) in [6.45, 7) is 6.93. The van der Waals surface area contributed by atoms with Gasteiger partial charge in [0, 0.05) is 45.0 Å². The number of nitrogens with one attached hydrogen (secondary N) is 1. The number of aromatic nitrogens is 7. The summed E-state index contributed by atoms with van der Waals surface area (Å²) in [4.78, 5) is 34.2. The molecule has 0 spiro atoms. The monoisotopic (exact) mass is 550 g/mol. The van der Waals surface area contributed by atoms with Gasteiger partial charge in [-0.05, 0) is 61.7 Å². The van der Waals surface area contributed by atoms with Gasteiger partial charge in [-0.3, -0.25) is 4.79 Å². The van der Waals surface area contributed by atoms with Crippen LogP contribution in [0.15, 0.2) is 61.6 Å². The second-order valence-corrected chi connectivity index (χ2v) is 10.1. The Bertz CT molecular complexity index is 1770. The predicted molar refractivity (Wildman–Crippen MR) is 156 cm³/mol. The Balaban J connectivity index is 1.21. The van der Waals surface area contributed by atoms with E-state index in [1.54, 1.807) is 10.9 Å². The van der Waals surface area contributed by atoms with Crippen molar-refractivity contribution in [2.75, 3.05) is 30.4 Å². The van der Waals surface area contributed by atoms with Crippen molar-refractivity contribution in [3.05, 3.63) is 67.1 Å². The van der Waals surface area contributed by atoms with Crippen LogP contribution in [-0.2, 0) is 11.8 Å². The Morgan fingerprint density at radius 2 is 2.05 bits per heavy atom. The van der Waals surface area contributed by atoms with E-state index in [9.17, 15) is 4.79 Å². The first-order chi connectivity index (χ1) is 19.9. The summed E-state index contributed by atoms with van der Waals surface area (Å²) in [5, 5.41) is 11.6. The highest BCUT2D eigenvalue weighted by atomic mass is 16.5. The average Bonchev–Trinajstić information content (AvgIpc) is 3.37. The van der Waals surface area contributed by atoms with Crippen LogP contribution in [0.4, 0.5) is 17.5 Å². The largest absolute Gasteiger partial charge is 0.457 e. The van der Waals surface area contributed by atoms with Crippen LogP contribution in [0.5, 0.6) is 11.5 Å². The van der Waals surface area contributed by atoms with E-state index in [1.807, 2.05) is 67.2 Å². The maximum atomic E-state index is 12.2. The molecule has 1 aliphatic rings. The smallest absolute Gasteiger partial charge is 0.246 e. The Kier molecular flexibility index (Phi) is 6.88. The van der Waals surface area contributed by atoms with Crippen LogP contribution in [0.25, 0.3) is 22.1 Å². The predicted octanol–water partition coefficient (Wildman–Crippen LogP) is 4.16. The van der Waals surface area contributed by atoms with Crippen LogP contribution in [-0.4, -0.2) is 71.9 Å². The summed E-state index contributed by atoms with van der Waals surface area (Å²) >= 11 is 0. The van der Waals surface area contributed by atoms with E-state index in [-0.39, 0.29) is 11.9 Å². The molecule has 1 amide bonds. The number of nitrogens with zero attached hydrogens (tertiary/aromatic N) is 9. The molecular weight excluding hydrogens is 520 g/mol. The molecule has 12 heteroatoms. The first kappa shape index (κ1) is 26.1. The summed E-state index contributed by atoms with van der Waals surface area (Å²) in [5.74, 6) is 2.48. The van der Waals surface area contributed by atoms with Crippen molar-refractivity contribution in [1.82, 2.24) is 39.8 Å². The number of anilines is 3. The first-order valence-corrected chi connectivity index (χ1v) is 13.4. The molecule has 208 valence electrons. The number of likely N-dealkylation sites (N-methyl/N-ethyl adjacent to an activating group) is 1. The van der Waals surface area contributed by atoms with Crippen LogP contribution in [0.2, 0.25) is 0 Å². The van der Waals surface area contributed by atoms with Crippen molar-refractivity contribution in [2.24, 2.45) is 7.05 Å². The molecule has 5 aromatic rings. The lowest BCUT2D eigenvalue weighted by molar-refractivity contribution is -0.127. The molecule has 0 radical (unpaired) electrons. The number of rotatable bonds is 7. The van der Waals surface area contributed by atoms with E-state index in [0.717, 1.165) is 47.4 Å². The molecule has 0 aliphatic carbocycles. The number of hydrogen-bond acceptors (Lipinski definition) is 10. The number of piperidine rings is 1. The van der Waals surface area contributed by atoms with Gasteiger partial charge in [-0.25, -0.2) is 24.6 Å². The molecule has 2 aromatic carbocycles. The maximum Gasteiger partial charge on any atom is 0.246 e. The third-order valence-electron chi connectivity index (χ3n) is 7.36. The molecule has 0 bridgehead atoms. The van der Waals surface area contributed by atoms with E-state index in [0.29, 0.717) is 35.1 Å². The fourth-order valence-corrected chi connectivity index (χ4v) is 5.06. The zero-order chi connectivity index (χ0) is 28.5. The van der Waals surface area contributed by atoms with Gasteiger partial charge in [0.15, 0.2) is 5.82 Å². The lowest BCUT2D eigenvalue weighted by Crippen LogP contribution is -2.48. The fraction of sp³-hybridized carbons (Fsp3) is 0.276. The highest BCUT2D eigenvalue weighted by molar-refractivity contribution is 5.88. The molecule has 1 fully saturated rings. The van der Waals surface area contributed by atoms with E-state index in [2.05, 4.69) is 37.2 Å². The number of aryl methyl sites for hydroxylation is 2. The second-order valence-electron chi connectivity index (χ2n) is 10.1. The van der Waals surface area contributed by atoms with Gasteiger partial charge in [0.1, 0.15) is 34.4 Å². The van der Waals surface area contributed by atoms with Crippen LogP contribution >= 0.6 is 0 Å². The van der Waals surface area contributed by atoms with Gasteiger partial charge in [0.25, 0.3) is 0 Å². The molecule has 12 nitrogen and oxygen atoms in total. The lowest BCUT2D eigenvalue weighted by atomic mass is 10.0. The van der Waals surface area contributed by atoms with Crippen molar-refractivity contribution in [3.8, 4) is 11.5 Å². The number of ether oxygens (including phenoxy) is 1. The van der Waals surface area contributed by atoms with Gasteiger partial charge in [-0.1, -0.05) is 11.8 Å². The van der Waals surface area contributed by atoms with E-state index in [4.69, 9.17) is 9.72 Å². The topological polar surface area (TPSA) is 127 Å². The molecule has 6 rings (SSSR count). The number of fused-ring (bicyclic) bond motifs is 2. The number of carbonyl (C=O) groups excluding carboxylic acids is 1. The van der Waals surface area contributed by atoms with E-state index < -0.39 is 0 Å². The number of benzene rings is 2. The van der Waals surface area contributed by atoms with Gasteiger partial charge >= 0.3 is 0 Å². The summed E-state index contributed by atoms with van der Waals surface area (Å²) in [6, 6.07) is 11.6. The third-order valence-corrected chi connectivity index (χ3v) is 7.36. The van der Waals surface area contributed by atoms with Crippen LogP contribution in [0.3, 0.4) is 0 Å². The van der Waals surface area contributed by atoms with Crippen molar-refractivity contribution >= 4 is 45.4 Å². The molecular formula is C29H30N10O2. The Labute approximate surface area is 236 Å². The van der Waals surface area contributed by atoms with Crippen LogP contribution in [0, 0.1) is 6.92 Å². The van der Waals surface area contributed by atoms with Gasteiger partial charge in [-0.15, -0.1) is 5.10 Å². The van der Waals surface area contributed by atoms with Crippen molar-refractivity contribution in [3.63, 3.8) is 0 Å². The van der Waals surface area contributed by atoms with Crippen molar-refractivity contribution in [2.45, 2.75) is 25.8 Å². The molecule has 1 N–H and O–H groups in total. The van der Waals surface area contributed by atoms with Gasteiger partial charge in [-0.2, -0.15) is 0 Å². The molecule has 4 heterocycles. The zero-order valence-electron chi connectivity index (χ0n) is 23.2. The average molecular weight is 551 g/mol.